The number of halogens is 1. The Morgan fingerprint density at radius 1 is 1.10 bits per heavy atom. The molecule has 5 rings (SSSR count). The first-order valence-electron chi connectivity index (χ1n) is 17.5. The molecule has 14 heteroatoms. The van der Waals surface area contributed by atoms with Crippen LogP contribution >= 0.6 is 11.6 Å². The second-order valence-electron chi connectivity index (χ2n) is 13.4. The smallest absolute Gasteiger partial charge is 0.256 e. The Balaban J connectivity index is 1.25. The molecule has 3 aromatic rings. The fourth-order valence-electron chi connectivity index (χ4n) is 6.46. The van der Waals surface area contributed by atoms with E-state index >= 15 is 0 Å². The molecule has 270 valence electrons. The molecule has 2 aliphatic rings. The minimum Gasteiger partial charge on any atom is -0.487 e. The maximum Gasteiger partial charge on any atom is 0.256 e. The van der Waals surface area contributed by atoms with Crippen LogP contribution in [-0.4, -0.2) is 101 Å². The fourth-order valence-corrected chi connectivity index (χ4v) is 6.63. The van der Waals surface area contributed by atoms with Crippen LogP contribution < -0.4 is 20.1 Å². The first kappa shape index (κ1) is 37.2. The van der Waals surface area contributed by atoms with E-state index in [1.165, 1.54) is 6.34 Å². The summed E-state index contributed by atoms with van der Waals surface area (Å²) in [6.45, 7) is 11.8. The molecule has 2 aromatic heterocycles. The number of hydrogen-bond donors (Lipinski definition) is 3. The lowest BCUT2D eigenvalue weighted by Crippen LogP contribution is -2.41. The lowest BCUT2D eigenvalue weighted by Gasteiger charge is -2.28. The quantitative estimate of drug-likeness (QED) is 0.0926. The summed E-state index contributed by atoms with van der Waals surface area (Å²) < 4.78 is 28.0. The van der Waals surface area contributed by atoms with Crippen LogP contribution in [0.2, 0.25) is 5.02 Å². The predicted molar refractivity (Wildman–Crippen MR) is 197 cm³/mol. The van der Waals surface area contributed by atoms with Gasteiger partial charge in [0.05, 0.1) is 43.4 Å². The molecular formula is C36H51ClN9O4+. The van der Waals surface area contributed by atoms with Gasteiger partial charge < -0.3 is 29.6 Å². The second-order valence-corrected chi connectivity index (χ2v) is 13.8. The Hall–Kier alpha value is -4.07. The minimum absolute atomic E-state index is 0.186. The van der Waals surface area contributed by atoms with E-state index in [2.05, 4.69) is 61.8 Å². The fraction of sp³-hybridized carbons (Fsp3) is 0.556. The van der Waals surface area contributed by atoms with E-state index in [0.29, 0.717) is 48.3 Å². The third kappa shape index (κ3) is 10.7. The zero-order valence-electron chi connectivity index (χ0n) is 29.7. The third-order valence-corrected chi connectivity index (χ3v) is 9.09. The highest BCUT2D eigenvalue weighted by Gasteiger charge is 2.29. The Kier molecular flexibility index (Phi) is 13.6. The number of rotatable bonds is 16. The number of benzene rings is 1. The standard InChI is InChI=1S/C36H51ClN9O4/c1-24(20-47-5)21-48-35-33(19-46(44-35)31-9-6-28(7-10-31)18-45-16-26(3)49-27(4)17-45)43-36-41-14-30(15-42-36)29-8-11-32(37)34(12-29)50-25(2)13-39-23-40-22-38/h8,11-12,14-15,18-19,22-28,31H,6-7,9-10,13,16-17,20-21H2,1-5H3,(H2,38,39,40)(H,41,42,43)/q+1/b45-18-/t24?,25-,26+,27-,28?,31?/m0/s1. The van der Waals surface area contributed by atoms with Crippen LogP contribution in [0.25, 0.3) is 11.1 Å². The lowest BCUT2D eigenvalue weighted by molar-refractivity contribution is -0.564. The average molecular weight is 709 g/mol. The van der Waals surface area contributed by atoms with Gasteiger partial charge in [0.2, 0.25) is 5.95 Å². The van der Waals surface area contributed by atoms with Crippen LogP contribution in [0, 0.1) is 17.2 Å². The van der Waals surface area contributed by atoms with E-state index in [-0.39, 0.29) is 30.3 Å². The monoisotopic (exact) mass is 708 g/mol. The number of methoxy groups -OCH3 is 1. The molecular weight excluding hydrogens is 658 g/mol. The number of anilines is 2. The van der Waals surface area contributed by atoms with Gasteiger partial charge in [0.25, 0.3) is 5.88 Å². The molecule has 3 N–H and O–H groups in total. The molecule has 4 atom stereocenters. The summed E-state index contributed by atoms with van der Waals surface area (Å²) in [6, 6.07) is 5.87. The van der Waals surface area contributed by atoms with Crippen LogP contribution in [0.15, 0.2) is 41.8 Å². The van der Waals surface area contributed by atoms with Gasteiger partial charge in [-0.15, -0.1) is 5.10 Å². The Morgan fingerprint density at radius 2 is 1.84 bits per heavy atom. The summed E-state index contributed by atoms with van der Waals surface area (Å²) in [5, 5.41) is 18.7. The van der Waals surface area contributed by atoms with Gasteiger partial charge in [0, 0.05) is 36.9 Å². The summed E-state index contributed by atoms with van der Waals surface area (Å²) in [5.41, 5.74) is 2.41. The molecule has 1 saturated carbocycles. The van der Waals surface area contributed by atoms with Crippen molar-refractivity contribution in [3.63, 3.8) is 0 Å². The summed E-state index contributed by atoms with van der Waals surface area (Å²) in [5.74, 6) is 2.29. The SMILES string of the molecule is COCC(C)COc1nn(C2CCC(/C=[N+]3/C[C@@H](C)O[C@@H](C)C3)CC2)cc1Nc1ncc(-c2ccc(Cl)c(O[C@@H](C)CN/C=N\C=N)c2)cn1. The van der Waals surface area contributed by atoms with Gasteiger partial charge in [-0.1, -0.05) is 24.6 Å². The van der Waals surface area contributed by atoms with E-state index in [4.69, 9.17) is 41.1 Å². The second kappa shape index (κ2) is 18.2. The van der Waals surface area contributed by atoms with Crippen molar-refractivity contribution >= 4 is 42.1 Å². The normalized spacial score (nSPS) is 23.0. The molecule has 1 unspecified atom stereocenters. The van der Waals surface area contributed by atoms with Gasteiger partial charge in [-0.3, -0.25) is 10.1 Å². The topological polar surface area (TPSA) is 144 Å². The van der Waals surface area contributed by atoms with Gasteiger partial charge in [-0.2, -0.15) is 0 Å². The number of hydrogen-bond acceptors (Lipinski definition) is 9. The summed E-state index contributed by atoms with van der Waals surface area (Å²) in [4.78, 5) is 12.9. The number of ether oxygens (including phenoxy) is 4. The van der Waals surface area contributed by atoms with Crippen LogP contribution in [0.4, 0.5) is 11.6 Å². The molecule has 1 aliphatic carbocycles. The summed E-state index contributed by atoms with van der Waals surface area (Å²) in [6.07, 6.45) is 15.1. The van der Waals surface area contributed by atoms with Crippen LogP contribution in [-0.2, 0) is 9.47 Å². The van der Waals surface area contributed by atoms with Crippen molar-refractivity contribution < 1.29 is 23.5 Å². The van der Waals surface area contributed by atoms with Crippen LogP contribution in [0.5, 0.6) is 11.6 Å². The maximum atomic E-state index is 6.96. The Labute approximate surface area is 300 Å². The molecule has 0 radical (unpaired) electrons. The zero-order valence-corrected chi connectivity index (χ0v) is 30.5. The van der Waals surface area contributed by atoms with Crippen molar-refractivity contribution in [3.8, 4) is 22.8 Å². The highest BCUT2D eigenvalue weighted by molar-refractivity contribution is 6.32. The lowest BCUT2D eigenvalue weighted by atomic mass is 9.86. The molecule has 50 heavy (non-hydrogen) atoms. The van der Waals surface area contributed by atoms with E-state index in [1.807, 2.05) is 25.3 Å². The van der Waals surface area contributed by atoms with Gasteiger partial charge in [0.15, 0.2) is 13.1 Å². The molecule has 3 heterocycles. The van der Waals surface area contributed by atoms with Crippen molar-refractivity contribution in [2.75, 3.05) is 45.3 Å². The molecule has 13 nitrogen and oxygen atoms in total. The van der Waals surface area contributed by atoms with Gasteiger partial charge in [-0.05, 0) is 64.2 Å². The van der Waals surface area contributed by atoms with Crippen LogP contribution in [0.3, 0.4) is 0 Å². The zero-order chi connectivity index (χ0) is 35.5. The largest absolute Gasteiger partial charge is 0.487 e. The van der Waals surface area contributed by atoms with E-state index in [1.54, 1.807) is 25.6 Å². The van der Waals surface area contributed by atoms with Crippen LogP contribution in [0.1, 0.15) is 59.4 Å². The van der Waals surface area contributed by atoms with Crippen molar-refractivity contribution in [2.24, 2.45) is 16.8 Å². The molecule has 1 saturated heterocycles. The number of morpholine rings is 1. The number of aromatic nitrogens is 4. The average Bonchev–Trinajstić information content (AvgIpc) is 3.49. The molecule has 0 amide bonds. The van der Waals surface area contributed by atoms with E-state index < -0.39 is 0 Å². The van der Waals surface area contributed by atoms with Crippen molar-refractivity contribution in [1.82, 2.24) is 25.1 Å². The van der Waals surface area contributed by atoms with Gasteiger partial charge >= 0.3 is 0 Å². The molecule has 2 fully saturated rings. The highest BCUT2D eigenvalue weighted by Crippen LogP contribution is 2.35. The summed E-state index contributed by atoms with van der Waals surface area (Å²) in [7, 11) is 1.70. The Bertz CT molecular complexity index is 1580. The predicted octanol–water partition coefficient (Wildman–Crippen LogP) is 6.01. The van der Waals surface area contributed by atoms with E-state index in [9.17, 15) is 0 Å². The molecule has 1 aliphatic heterocycles. The Morgan fingerprint density at radius 3 is 2.54 bits per heavy atom. The van der Waals surface area contributed by atoms with Gasteiger partial charge in [0.1, 0.15) is 42.3 Å². The number of aliphatic imine (C=N–C) groups is 1. The minimum atomic E-state index is -0.186. The van der Waals surface area contributed by atoms with E-state index in [0.717, 1.165) is 61.9 Å². The molecule has 1 aromatic carbocycles. The summed E-state index contributed by atoms with van der Waals surface area (Å²) >= 11 is 6.44. The number of nitrogens with one attached hydrogen (secondary N) is 3. The van der Waals surface area contributed by atoms with Crippen molar-refractivity contribution in [2.45, 2.75) is 77.7 Å². The number of nitrogens with zero attached hydrogens (tertiary/aromatic N) is 6. The molecule has 0 bridgehead atoms. The third-order valence-electron chi connectivity index (χ3n) is 8.78. The van der Waals surface area contributed by atoms with Crippen molar-refractivity contribution in [3.05, 3.63) is 41.8 Å². The van der Waals surface area contributed by atoms with Gasteiger partial charge in [-0.25, -0.2) is 19.5 Å². The highest BCUT2D eigenvalue weighted by atomic mass is 35.5. The maximum absolute atomic E-state index is 6.96. The van der Waals surface area contributed by atoms with Crippen molar-refractivity contribution in [1.29, 1.82) is 5.41 Å². The molecule has 0 spiro atoms. The first-order chi connectivity index (χ1) is 24.2. The first-order valence-corrected chi connectivity index (χ1v) is 17.8.